The summed E-state index contributed by atoms with van der Waals surface area (Å²) in [4.78, 5) is 27.5. The topological polar surface area (TPSA) is 67.9 Å². The van der Waals surface area contributed by atoms with Crippen molar-refractivity contribution in [1.82, 2.24) is 10.2 Å². The maximum Gasteiger partial charge on any atom is 0.242 e. The molecule has 0 aromatic heterocycles. The van der Waals surface area contributed by atoms with Crippen molar-refractivity contribution in [2.24, 2.45) is 0 Å². The Morgan fingerprint density at radius 3 is 2.53 bits per heavy atom. The van der Waals surface area contributed by atoms with Gasteiger partial charge in [0.25, 0.3) is 0 Å². The fourth-order valence-corrected chi connectivity index (χ4v) is 3.45. The van der Waals surface area contributed by atoms with Crippen LogP contribution in [0.25, 0.3) is 0 Å². The van der Waals surface area contributed by atoms with Gasteiger partial charge < -0.3 is 19.7 Å². The maximum atomic E-state index is 13.2. The van der Waals surface area contributed by atoms with Crippen LogP contribution in [0.2, 0.25) is 0 Å². The molecule has 1 N–H and O–H groups in total. The Labute approximate surface area is 178 Å². The van der Waals surface area contributed by atoms with Gasteiger partial charge in [0.15, 0.2) is 11.5 Å². The van der Waals surface area contributed by atoms with Crippen LogP contribution in [-0.4, -0.2) is 35.6 Å². The molecule has 3 rings (SSSR count). The monoisotopic (exact) mass is 410 g/mol. The van der Waals surface area contributed by atoms with E-state index in [4.69, 9.17) is 9.47 Å². The fourth-order valence-electron chi connectivity index (χ4n) is 3.45. The van der Waals surface area contributed by atoms with E-state index in [1.807, 2.05) is 63.2 Å². The quantitative estimate of drug-likeness (QED) is 0.722. The van der Waals surface area contributed by atoms with Gasteiger partial charge >= 0.3 is 0 Å². The smallest absolute Gasteiger partial charge is 0.242 e. The third-order valence-corrected chi connectivity index (χ3v) is 5.26. The molecule has 0 aliphatic carbocycles. The zero-order valence-corrected chi connectivity index (χ0v) is 18.1. The average molecular weight is 411 g/mol. The van der Waals surface area contributed by atoms with Crippen molar-refractivity contribution in [3.05, 3.63) is 59.2 Å². The van der Waals surface area contributed by atoms with Crippen LogP contribution in [0.4, 0.5) is 0 Å². The van der Waals surface area contributed by atoms with Crippen LogP contribution >= 0.6 is 0 Å². The molecule has 6 nitrogen and oxygen atoms in total. The molecule has 160 valence electrons. The summed E-state index contributed by atoms with van der Waals surface area (Å²) in [7, 11) is 0. The summed E-state index contributed by atoms with van der Waals surface area (Å²) in [5, 5.41) is 2.92. The van der Waals surface area contributed by atoms with Crippen molar-refractivity contribution in [1.29, 1.82) is 0 Å². The van der Waals surface area contributed by atoms with Crippen LogP contribution in [0.15, 0.2) is 42.5 Å². The molecule has 6 heteroatoms. The number of hydrogen-bond acceptors (Lipinski definition) is 4. The van der Waals surface area contributed by atoms with Gasteiger partial charge in [-0.25, -0.2) is 0 Å². The van der Waals surface area contributed by atoms with Crippen molar-refractivity contribution in [3.63, 3.8) is 0 Å². The molecule has 1 aliphatic rings. The third kappa shape index (κ3) is 5.32. The molecule has 1 aliphatic heterocycles. The standard InChI is InChI=1S/C24H30N2O4/c1-16(2)25-24(28)18(4)26(14-20-8-6-5-7-17(20)3)23(27)12-10-19-9-11-21-22(13-19)30-15-29-21/h5-9,11,13,16,18H,10,12,14-15H2,1-4H3,(H,25,28)/t18-/m1/s1. The molecule has 1 atom stereocenters. The van der Waals surface area contributed by atoms with Gasteiger partial charge in [0.1, 0.15) is 6.04 Å². The summed E-state index contributed by atoms with van der Waals surface area (Å²) in [6.07, 6.45) is 0.878. The van der Waals surface area contributed by atoms with Crippen LogP contribution in [0, 0.1) is 6.92 Å². The van der Waals surface area contributed by atoms with Crippen LogP contribution in [0.3, 0.4) is 0 Å². The zero-order valence-electron chi connectivity index (χ0n) is 18.1. The number of ether oxygens (including phenoxy) is 2. The van der Waals surface area contributed by atoms with E-state index < -0.39 is 6.04 Å². The summed E-state index contributed by atoms with van der Waals surface area (Å²) in [6, 6.07) is 13.1. The Morgan fingerprint density at radius 1 is 1.07 bits per heavy atom. The number of rotatable bonds is 8. The number of nitrogens with zero attached hydrogens (tertiary/aromatic N) is 1. The number of amides is 2. The maximum absolute atomic E-state index is 13.2. The molecule has 0 fully saturated rings. The van der Waals surface area contributed by atoms with Crippen LogP contribution in [0.1, 0.15) is 43.9 Å². The van der Waals surface area contributed by atoms with Crippen LogP contribution < -0.4 is 14.8 Å². The molecule has 30 heavy (non-hydrogen) atoms. The second-order valence-corrected chi connectivity index (χ2v) is 7.98. The predicted molar refractivity (Wildman–Crippen MR) is 115 cm³/mol. The number of hydrogen-bond donors (Lipinski definition) is 1. The van der Waals surface area contributed by atoms with Crippen molar-refractivity contribution in [3.8, 4) is 11.5 Å². The Balaban J connectivity index is 1.73. The van der Waals surface area contributed by atoms with Gasteiger partial charge in [0.05, 0.1) is 0 Å². The van der Waals surface area contributed by atoms with Crippen LogP contribution in [-0.2, 0) is 22.6 Å². The molecule has 0 radical (unpaired) electrons. The molecule has 2 aromatic rings. The Hall–Kier alpha value is -3.02. The predicted octanol–water partition coefficient (Wildman–Crippen LogP) is 3.60. The van der Waals surface area contributed by atoms with Crippen molar-refractivity contribution < 1.29 is 19.1 Å². The largest absolute Gasteiger partial charge is 0.454 e. The summed E-state index contributed by atoms with van der Waals surface area (Å²) >= 11 is 0. The lowest BCUT2D eigenvalue weighted by Crippen LogP contribution is -2.49. The Kier molecular flexibility index (Phi) is 6.98. The van der Waals surface area contributed by atoms with Crippen LogP contribution in [0.5, 0.6) is 11.5 Å². The molecule has 2 aromatic carbocycles. The SMILES string of the molecule is Cc1ccccc1CN(C(=O)CCc1ccc2c(c1)OCO2)[C@H](C)C(=O)NC(C)C. The van der Waals surface area contributed by atoms with E-state index in [9.17, 15) is 9.59 Å². The van der Waals surface area contributed by atoms with E-state index in [0.29, 0.717) is 25.1 Å². The highest BCUT2D eigenvalue weighted by Crippen LogP contribution is 2.32. The minimum Gasteiger partial charge on any atom is -0.454 e. The second-order valence-electron chi connectivity index (χ2n) is 7.98. The van der Waals surface area contributed by atoms with Gasteiger partial charge in [-0.05, 0) is 62.9 Å². The molecular formula is C24H30N2O4. The highest BCUT2D eigenvalue weighted by Gasteiger charge is 2.26. The molecule has 0 saturated carbocycles. The fraction of sp³-hybridized carbons (Fsp3) is 0.417. The lowest BCUT2D eigenvalue weighted by Gasteiger charge is -2.30. The minimum absolute atomic E-state index is 0.0176. The molecule has 2 amide bonds. The molecule has 0 saturated heterocycles. The molecule has 1 heterocycles. The van der Waals surface area contributed by atoms with E-state index in [-0.39, 0.29) is 24.6 Å². The normalized spacial score (nSPS) is 13.2. The minimum atomic E-state index is -0.559. The second kappa shape index (κ2) is 9.65. The first kappa shape index (κ1) is 21.7. The Bertz CT molecular complexity index is 910. The number of carbonyl (C=O) groups excluding carboxylic acids is 2. The lowest BCUT2D eigenvalue weighted by atomic mass is 10.1. The van der Waals surface area contributed by atoms with E-state index in [1.165, 1.54) is 0 Å². The summed E-state index contributed by atoms with van der Waals surface area (Å²) in [5.74, 6) is 1.24. The van der Waals surface area contributed by atoms with Crippen molar-refractivity contribution >= 4 is 11.8 Å². The first-order chi connectivity index (χ1) is 14.3. The van der Waals surface area contributed by atoms with E-state index in [2.05, 4.69) is 5.32 Å². The summed E-state index contributed by atoms with van der Waals surface area (Å²) < 4.78 is 10.8. The first-order valence-electron chi connectivity index (χ1n) is 10.4. The van der Waals surface area contributed by atoms with Gasteiger partial charge in [0.2, 0.25) is 18.6 Å². The van der Waals surface area contributed by atoms with Gasteiger partial charge in [0, 0.05) is 19.0 Å². The number of nitrogens with one attached hydrogen (secondary N) is 1. The Morgan fingerprint density at radius 2 is 1.80 bits per heavy atom. The molecule has 0 unspecified atom stereocenters. The van der Waals surface area contributed by atoms with Gasteiger partial charge in [-0.2, -0.15) is 0 Å². The van der Waals surface area contributed by atoms with E-state index >= 15 is 0 Å². The van der Waals surface area contributed by atoms with Gasteiger partial charge in [-0.3, -0.25) is 9.59 Å². The number of aryl methyl sites for hydroxylation is 2. The zero-order chi connectivity index (χ0) is 21.7. The molecular weight excluding hydrogens is 380 g/mol. The van der Waals surface area contributed by atoms with Gasteiger partial charge in [-0.1, -0.05) is 30.3 Å². The lowest BCUT2D eigenvalue weighted by molar-refractivity contribution is -0.140. The van der Waals surface area contributed by atoms with E-state index in [1.54, 1.807) is 11.8 Å². The highest BCUT2D eigenvalue weighted by atomic mass is 16.7. The van der Waals surface area contributed by atoms with Gasteiger partial charge in [-0.15, -0.1) is 0 Å². The molecule has 0 spiro atoms. The van der Waals surface area contributed by atoms with E-state index in [0.717, 1.165) is 22.4 Å². The van der Waals surface area contributed by atoms with Crippen molar-refractivity contribution in [2.75, 3.05) is 6.79 Å². The number of benzene rings is 2. The molecule has 0 bridgehead atoms. The van der Waals surface area contributed by atoms with Crippen molar-refractivity contribution in [2.45, 2.75) is 59.2 Å². The first-order valence-corrected chi connectivity index (χ1v) is 10.4. The third-order valence-electron chi connectivity index (χ3n) is 5.26. The average Bonchev–Trinajstić information content (AvgIpc) is 3.18. The highest BCUT2D eigenvalue weighted by molar-refractivity contribution is 5.87. The number of carbonyl (C=O) groups is 2. The summed E-state index contributed by atoms with van der Waals surface area (Å²) in [6.45, 7) is 8.26. The summed E-state index contributed by atoms with van der Waals surface area (Å²) in [5.41, 5.74) is 3.14. The number of fused-ring (bicyclic) bond motifs is 1.